The number of halogens is 1. The van der Waals surface area contributed by atoms with E-state index in [-0.39, 0.29) is 0 Å². The quantitative estimate of drug-likeness (QED) is 0.943. The standard InChI is InChI=1S/C13H13BrN2O/c1-9-5-6-10(8-16-9)17-13-4-2-3-12(14)11(13)7-15/h2-6,8H,7,15H2,1H3. The first kappa shape index (κ1) is 12.1. The molecule has 0 saturated heterocycles. The summed E-state index contributed by atoms with van der Waals surface area (Å²) in [7, 11) is 0. The molecule has 0 spiro atoms. The molecule has 2 rings (SSSR count). The van der Waals surface area contributed by atoms with E-state index in [9.17, 15) is 0 Å². The summed E-state index contributed by atoms with van der Waals surface area (Å²) >= 11 is 3.46. The third-order valence-corrected chi connectivity index (χ3v) is 3.13. The van der Waals surface area contributed by atoms with Crippen LogP contribution in [0.15, 0.2) is 41.0 Å². The number of rotatable bonds is 3. The minimum Gasteiger partial charge on any atom is -0.455 e. The molecule has 3 nitrogen and oxygen atoms in total. The Hall–Kier alpha value is -1.39. The lowest BCUT2D eigenvalue weighted by Gasteiger charge is -2.11. The van der Waals surface area contributed by atoms with Crippen LogP contribution in [0.5, 0.6) is 11.5 Å². The molecule has 0 bridgehead atoms. The van der Waals surface area contributed by atoms with Gasteiger partial charge in [0.15, 0.2) is 0 Å². The Bertz CT molecular complexity index is 511. The molecule has 2 N–H and O–H groups in total. The molecular formula is C13H13BrN2O. The van der Waals surface area contributed by atoms with Crippen molar-refractivity contribution in [2.75, 3.05) is 0 Å². The van der Waals surface area contributed by atoms with Crippen molar-refractivity contribution in [1.82, 2.24) is 4.98 Å². The Morgan fingerprint density at radius 1 is 1.29 bits per heavy atom. The van der Waals surface area contributed by atoms with Gasteiger partial charge in [0, 0.05) is 22.3 Å². The van der Waals surface area contributed by atoms with Gasteiger partial charge in [-0.25, -0.2) is 0 Å². The van der Waals surface area contributed by atoms with E-state index in [1.54, 1.807) is 6.20 Å². The number of aromatic nitrogens is 1. The zero-order valence-electron chi connectivity index (χ0n) is 9.48. The lowest BCUT2D eigenvalue weighted by Crippen LogP contribution is -2.00. The number of aryl methyl sites for hydroxylation is 1. The molecule has 0 aliphatic carbocycles. The van der Waals surface area contributed by atoms with Gasteiger partial charge in [0.1, 0.15) is 11.5 Å². The summed E-state index contributed by atoms with van der Waals surface area (Å²) < 4.78 is 6.72. The molecule has 0 aliphatic heterocycles. The van der Waals surface area contributed by atoms with Crippen LogP contribution in [-0.4, -0.2) is 4.98 Å². The highest BCUT2D eigenvalue weighted by molar-refractivity contribution is 9.10. The molecule has 0 unspecified atom stereocenters. The molecule has 0 fully saturated rings. The predicted molar refractivity (Wildman–Crippen MR) is 71.1 cm³/mol. The molecule has 0 saturated carbocycles. The number of benzene rings is 1. The molecule has 0 amide bonds. The second-order valence-electron chi connectivity index (χ2n) is 3.66. The largest absolute Gasteiger partial charge is 0.455 e. The van der Waals surface area contributed by atoms with Crippen molar-refractivity contribution >= 4 is 15.9 Å². The molecule has 88 valence electrons. The molecule has 2 aromatic rings. The lowest BCUT2D eigenvalue weighted by molar-refractivity contribution is 0.473. The van der Waals surface area contributed by atoms with Crippen LogP contribution >= 0.6 is 15.9 Å². The van der Waals surface area contributed by atoms with Gasteiger partial charge < -0.3 is 10.5 Å². The molecule has 0 aliphatic rings. The van der Waals surface area contributed by atoms with E-state index < -0.39 is 0 Å². The molecule has 0 radical (unpaired) electrons. The van der Waals surface area contributed by atoms with Crippen LogP contribution < -0.4 is 10.5 Å². The van der Waals surface area contributed by atoms with E-state index in [0.29, 0.717) is 12.3 Å². The van der Waals surface area contributed by atoms with Crippen LogP contribution in [0.2, 0.25) is 0 Å². The van der Waals surface area contributed by atoms with Crippen molar-refractivity contribution in [3.63, 3.8) is 0 Å². The maximum Gasteiger partial charge on any atom is 0.145 e. The summed E-state index contributed by atoms with van der Waals surface area (Å²) in [5, 5.41) is 0. The van der Waals surface area contributed by atoms with Crippen LogP contribution in [0.4, 0.5) is 0 Å². The number of nitrogens with zero attached hydrogens (tertiary/aromatic N) is 1. The third-order valence-electron chi connectivity index (χ3n) is 2.39. The normalized spacial score (nSPS) is 10.3. The van der Waals surface area contributed by atoms with Gasteiger partial charge in [-0.1, -0.05) is 22.0 Å². The predicted octanol–water partition coefficient (Wildman–Crippen LogP) is 3.40. The minimum atomic E-state index is 0.427. The number of nitrogens with two attached hydrogens (primary N) is 1. The number of pyridine rings is 1. The van der Waals surface area contributed by atoms with E-state index in [4.69, 9.17) is 10.5 Å². The van der Waals surface area contributed by atoms with Crippen LogP contribution in [-0.2, 0) is 6.54 Å². The summed E-state index contributed by atoms with van der Waals surface area (Å²) in [5.41, 5.74) is 7.62. The summed E-state index contributed by atoms with van der Waals surface area (Å²) in [6.07, 6.45) is 1.70. The number of hydrogen-bond acceptors (Lipinski definition) is 3. The average Bonchev–Trinajstić information content (AvgIpc) is 2.32. The van der Waals surface area contributed by atoms with Crippen molar-refractivity contribution in [3.8, 4) is 11.5 Å². The maximum atomic E-state index is 5.76. The zero-order valence-corrected chi connectivity index (χ0v) is 11.1. The van der Waals surface area contributed by atoms with Crippen LogP contribution in [0.25, 0.3) is 0 Å². The molecular weight excluding hydrogens is 280 g/mol. The monoisotopic (exact) mass is 292 g/mol. The third kappa shape index (κ3) is 2.84. The molecule has 0 atom stereocenters. The highest BCUT2D eigenvalue weighted by atomic mass is 79.9. The molecule has 1 aromatic carbocycles. The summed E-state index contributed by atoms with van der Waals surface area (Å²) in [6.45, 7) is 2.37. The molecule has 4 heteroatoms. The zero-order chi connectivity index (χ0) is 12.3. The maximum absolute atomic E-state index is 5.76. The van der Waals surface area contributed by atoms with E-state index in [1.807, 2.05) is 37.3 Å². The average molecular weight is 293 g/mol. The van der Waals surface area contributed by atoms with E-state index >= 15 is 0 Å². The van der Waals surface area contributed by atoms with Gasteiger partial charge in [-0.2, -0.15) is 0 Å². The SMILES string of the molecule is Cc1ccc(Oc2cccc(Br)c2CN)cn1. The van der Waals surface area contributed by atoms with Crippen LogP contribution in [0.3, 0.4) is 0 Å². The van der Waals surface area contributed by atoms with Crippen LogP contribution in [0, 0.1) is 6.92 Å². The first-order valence-electron chi connectivity index (χ1n) is 5.28. The van der Waals surface area contributed by atoms with Gasteiger partial charge in [0.25, 0.3) is 0 Å². The van der Waals surface area contributed by atoms with E-state index in [2.05, 4.69) is 20.9 Å². The number of ether oxygens (including phenoxy) is 1. The van der Waals surface area contributed by atoms with Gasteiger partial charge in [0.05, 0.1) is 6.20 Å². The van der Waals surface area contributed by atoms with Gasteiger partial charge in [-0.3, -0.25) is 4.98 Å². The molecule has 1 heterocycles. The summed E-state index contributed by atoms with van der Waals surface area (Å²) in [6, 6.07) is 9.56. The smallest absolute Gasteiger partial charge is 0.145 e. The van der Waals surface area contributed by atoms with Crippen molar-refractivity contribution in [3.05, 3.63) is 52.3 Å². The first-order chi connectivity index (χ1) is 8.20. The minimum absolute atomic E-state index is 0.427. The topological polar surface area (TPSA) is 48.1 Å². The Morgan fingerprint density at radius 2 is 2.12 bits per heavy atom. The van der Waals surface area contributed by atoms with E-state index in [0.717, 1.165) is 21.5 Å². The van der Waals surface area contributed by atoms with Crippen molar-refractivity contribution in [2.45, 2.75) is 13.5 Å². The number of hydrogen-bond donors (Lipinski definition) is 1. The lowest BCUT2D eigenvalue weighted by atomic mass is 10.2. The second-order valence-corrected chi connectivity index (χ2v) is 4.51. The van der Waals surface area contributed by atoms with Crippen molar-refractivity contribution < 1.29 is 4.74 Å². The fourth-order valence-corrected chi connectivity index (χ4v) is 1.98. The fourth-order valence-electron chi connectivity index (χ4n) is 1.47. The van der Waals surface area contributed by atoms with Crippen molar-refractivity contribution in [1.29, 1.82) is 0 Å². The van der Waals surface area contributed by atoms with Crippen LogP contribution in [0.1, 0.15) is 11.3 Å². The highest BCUT2D eigenvalue weighted by Gasteiger charge is 2.07. The second kappa shape index (κ2) is 5.29. The Kier molecular flexibility index (Phi) is 3.76. The Balaban J connectivity index is 2.29. The highest BCUT2D eigenvalue weighted by Crippen LogP contribution is 2.29. The van der Waals surface area contributed by atoms with Gasteiger partial charge in [-0.05, 0) is 31.2 Å². The van der Waals surface area contributed by atoms with Gasteiger partial charge in [-0.15, -0.1) is 0 Å². The fraction of sp³-hybridized carbons (Fsp3) is 0.154. The Morgan fingerprint density at radius 3 is 2.76 bits per heavy atom. The van der Waals surface area contributed by atoms with Crippen molar-refractivity contribution in [2.24, 2.45) is 5.73 Å². The Labute approximate surface area is 109 Å². The van der Waals surface area contributed by atoms with Gasteiger partial charge >= 0.3 is 0 Å². The van der Waals surface area contributed by atoms with Gasteiger partial charge in [0.2, 0.25) is 0 Å². The summed E-state index contributed by atoms with van der Waals surface area (Å²) in [4.78, 5) is 4.19. The first-order valence-corrected chi connectivity index (χ1v) is 6.08. The molecule has 1 aromatic heterocycles. The van der Waals surface area contributed by atoms with E-state index in [1.165, 1.54) is 0 Å². The molecule has 17 heavy (non-hydrogen) atoms. The summed E-state index contributed by atoms with van der Waals surface area (Å²) in [5.74, 6) is 1.47.